The van der Waals surface area contributed by atoms with E-state index in [1.807, 2.05) is 0 Å². The Labute approximate surface area is 84.3 Å². The zero-order valence-electron chi connectivity index (χ0n) is 8.82. The minimum absolute atomic E-state index is 1.34. The Morgan fingerprint density at radius 2 is 1.57 bits per heavy atom. The molecule has 4 heteroatoms. The van der Waals surface area contributed by atoms with Crippen molar-refractivity contribution in [3.63, 3.8) is 0 Å². The molecule has 0 spiro atoms. The number of halogens is 3. The topological polar surface area (TPSA) is 3.24 Å². The molecule has 0 aromatic carbocycles. The van der Waals surface area contributed by atoms with E-state index in [-0.39, 0.29) is 0 Å². The number of piperidine rings is 1. The molecular weight excluding hydrogens is 191 g/mol. The van der Waals surface area contributed by atoms with Gasteiger partial charge >= 0.3 is 6.68 Å². The second-order valence-corrected chi connectivity index (χ2v) is 3.50. The SMILES string of the molecule is CCCCN1CCCCC1.FC(F)F. The van der Waals surface area contributed by atoms with E-state index < -0.39 is 6.68 Å². The number of hydrogen-bond acceptors (Lipinski definition) is 1. The fraction of sp³-hybridized carbons (Fsp3) is 1.00. The van der Waals surface area contributed by atoms with Crippen molar-refractivity contribution in [1.82, 2.24) is 4.90 Å². The number of unbranched alkanes of at least 4 members (excludes halogenated alkanes) is 1. The van der Waals surface area contributed by atoms with Crippen LogP contribution in [0.15, 0.2) is 0 Å². The molecule has 0 saturated carbocycles. The molecule has 0 bridgehead atoms. The maximum absolute atomic E-state index is 9.67. The van der Waals surface area contributed by atoms with E-state index in [4.69, 9.17) is 0 Å². The Hall–Kier alpha value is -0.250. The van der Waals surface area contributed by atoms with E-state index in [0.29, 0.717) is 0 Å². The van der Waals surface area contributed by atoms with Gasteiger partial charge in [0.15, 0.2) is 0 Å². The molecule has 86 valence electrons. The van der Waals surface area contributed by atoms with Crippen LogP contribution in [0.4, 0.5) is 13.2 Å². The van der Waals surface area contributed by atoms with Gasteiger partial charge in [0.2, 0.25) is 0 Å². The summed E-state index contributed by atoms with van der Waals surface area (Å²) in [5, 5.41) is 0. The lowest BCUT2D eigenvalue weighted by Crippen LogP contribution is -2.30. The lowest BCUT2D eigenvalue weighted by molar-refractivity contribution is 0.00819. The summed E-state index contributed by atoms with van der Waals surface area (Å²) in [6.45, 7) is 2.67. The zero-order valence-corrected chi connectivity index (χ0v) is 8.82. The van der Waals surface area contributed by atoms with Crippen molar-refractivity contribution >= 4 is 0 Å². The summed E-state index contributed by atoms with van der Waals surface area (Å²) in [6, 6.07) is 0. The quantitative estimate of drug-likeness (QED) is 0.691. The lowest BCUT2D eigenvalue weighted by Gasteiger charge is -2.25. The Morgan fingerprint density at radius 3 is 2.00 bits per heavy atom. The minimum atomic E-state index is -3.67. The molecule has 0 amide bonds. The van der Waals surface area contributed by atoms with E-state index in [1.165, 1.54) is 51.7 Å². The van der Waals surface area contributed by atoms with Crippen molar-refractivity contribution in [2.24, 2.45) is 0 Å². The first-order valence-electron chi connectivity index (χ1n) is 5.31. The maximum Gasteiger partial charge on any atom is 0.379 e. The van der Waals surface area contributed by atoms with Crippen molar-refractivity contribution in [2.45, 2.75) is 45.7 Å². The third-order valence-electron chi connectivity index (χ3n) is 2.28. The van der Waals surface area contributed by atoms with Crippen LogP contribution in [-0.4, -0.2) is 31.2 Å². The van der Waals surface area contributed by atoms with Crippen molar-refractivity contribution in [1.29, 1.82) is 0 Å². The summed E-state index contributed by atoms with van der Waals surface area (Å²) in [4.78, 5) is 2.60. The molecule has 1 fully saturated rings. The van der Waals surface area contributed by atoms with Crippen molar-refractivity contribution in [3.8, 4) is 0 Å². The monoisotopic (exact) mass is 211 g/mol. The predicted molar refractivity (Wildman–Crippen MR) is 52.3 cm³/mol. The van der Waals surface area contributed by atoms with Gasteiger partial charge in [-0.1, -0.05) is 19.8 Å². The van der Waals surface area contributed by atoms with Crippen LogP contribution in [-0.2, 0) is 0 Å². The summed E-state index contributed by atoms with van der Waals surface area (Å²) in [6.07, 6.45) is 7.06. The van der Waals surface area contributed by atoms with Crippen molar-refractivity contribution < 1.29 is 13.2 Å². The smallest absolute Gasteiger partial charge is 0.303 e. The first-order valence-corrected chi connectivity index (χ1v) is 5.31. The molecule has 0 aliphatic carbocycles. The van der Waals surface area contributed by atoms with Gasteiger partial charge in [-0.25, -0.2) is 0 Å². The van der Waals surface area contributed by atoms with Gasteiger partial charge in [0.05, 0.1) is 0 Å². The van der Waals surface area contributed by atoms with Gasteiger partial charge in [-0.3, -0.25) is 0 Å². The summed E-state index contributed by atoms with van der Waals surface area (Å²) in [5.74, 6) is 0. The molecule has 1 heterocycles. The van der Waals surface area contributed by atoms with Crippen LogP contribution in [0.5, 0.6) is 0 Å². The highest BCUT2D eigenvalue weighted by Gasteiger charge is 2.07. The van der Waals surface area contributed by atoms with E-state index >= 15 is 0 Å². The maximum atomic E-state index is 9.67. The second kappa shape index (κ2) is 9.31. The Morgan fingerprint density at radius 1 is 1.07 bits per heavy atom. The third kappa shape index (κ3) is 9.84. The molecule has 1 rings (SSSR count). The highest BCUT2D eigenvalue weighted by Crippen LogP contribution is 2.08. The van der Waals surface area contributed by atoms with Crippen LogP contribution in [0, 0.1) is 0 Å². The van der Waals surface area contributed by atoms with E-state index in [9.17, 15) is 13.2 Å². The minimum Gasteiger partial charge on any atom is -0.303 e. The van der Waals surface area contributed by atoms with Gasteiger partial charge in [-0.2, -0.15) is 13.2 Å². The number of likely N-dealkylation sites (tertiary alicyclic amines) is 1. The molecule has 0 N–H and O–H groups in total. The molecule has 0 atom stereocenters. The largest absolute Gasteiger partial charge is 0.379 e. The molecule has 0 aromatic rings. The standard InChI is InChI=1S/C9H19N.CHF3/c1-2-3-7-10-8-5-4-6-9-10;2-1(3)4/h2-9H2,1H3;1H. The highest BCUT2D eigenvalue weighted by atomic mass is 19.4. The molecule has 1 nitrogen and oxygen atoms in total. The van der Waals surface area contributed by atoms with Gasteiger partial charge in [-0.15, -0.1) is 0 Å². The van der Waals surface area contributed by atoms with E-state index in [0.717, 1.165) is 0 Å². The molecule has 14 heavy (non-hydrogen) atoms. The zero-order chi connectivity index (χ0) is 10.8. The van der Waals surface area contributed by atoms with Gasteiger partial charge in [0, 0.05) is 0 Å². The van der Waals surface area contributed by atoms with Crippen LogP contribution in [0.25, 0.3) is 0 Å². The Balaban J connectivity index is 0.000000364. The fourth-order valence-corrected chi connectivity index (χ4v) is 1.56. The van der Waals surface area contributed by atoms with Crippen LogP contribution < -0.4 is 0 Å². The number of rotatable bonds is 3. The number of nitrogens with zero attached hydrogens (tertiary/aromatic N) is 1. The summed E-state index contributed by atoms with van der Waals surface area (Å²) in [5.41, 5.74) is 0. The van der Waals surface area contributed by atoms with Crippen LogP contribution in [0.1, 0.15) is 39.0 Å². The molecule has 1 saturated heterocycles. The molecule has 0 unspecified atom stereocenters. The van der Waals surface area contributed by atoms with Gasteiger partial charge < -0.3 is 4.90 Å². The number of hydrogen-bond donors (Lipinski definition) is 0. The van der Waals surface area contributed by atoms with Gasteiger partial charge in [-0.05, 0) is 38.9 Å². The summed E-state index contributed by atoms with van der Waals surface area (Å²) < 4.78 is 29.0. The molecule has 1 aliphatic heterocycles. The lowest BCUT2D eigenvalue weighted by atomic mass is 10.1. The van der Waals surface area contributed by atoms with Crippen molar-refractivity contribution in [2.75, 3.05) is 19.6 Å². The van der Waals surface area contributed by atoms with Gasteiger partial charge in [0.25, 0.3) is 0 Å². The molecule has 0 radical (unpaired) electrons. The molecular formula is C10H20F3N. The third-order valence-corrected chi connectivity index (χ3v) is 2.28. The Kier molecular flexibility index (Phi) is 9.14. The van der Waals surface area contributed by atoms with Crippen LogP contribution in [0.2, 0.25) is 0 Å². The van der Waals surface area contributed by atoms with Crippen LogP contribution >= 0.6 is 0 Å². The Bertz CT molecular complexity index is 111. The number of alkyl halides is 3. The summed E-state index contributed by atoms with van der Waals surface area (Å²) >= 11 is 0. The van der Waals surface area contributed by atoms with Crippen molar-refractivity contribution in [3.05, 3.63) is 0 Å². The normalized spacial score (nSPS) is 17.8. The first-order chi connectivity index (χ1) is 6.66. The van der Waals surface area contributed by atoms with Gasteiger partial charge in [0.1, 0.15) is 0 Å². The van der Waals surface area contributed by atoms with E-state index in [1.54, 1.807) is 0 Å². The van der Waals surface area contributed by atoms with Crippen LogP contribution in [0.3, 0.4) is 0 Å². The fourth-order valence-electron chi connectivity index (χ4n) is 1.56. The summed E-state index contributed by atoms with van der Waals surface area (Å²) in [7, 11) is 0. The highest BCUT2D eigenvalue weighted by molar-refractivity contribution is 4.63. The molecule has 1 aliphatic rings. The second-order valence-electron chi connectivity index (χ2n) is 3.50. The first kappa shape index (κ1) is 13.8. The molecule has 0 aromatic heterocycles. The average Bonchev–Trinajstić information content (AvgIpc) is 2.15. The van der Waals surface area contributed by atoms with E-state index in [2.05, 4.69) is 11.8 Å². The predicted octanol–water partition coefficient (Wildman–Crippen LogP) is 3.45. The average molecular weight is 211 g/mol.